The predicted octanol–water partition coefficient (Wildman–Crippen LogP) is 3.20. The first-order chi connectivity index (χ1) is 9.67. The van der Waals surface area contributed by atoms with Gasteiger partial charge in [0.1, 0.15) is 0 Å². The van der Waals surface area contributed by atoms with Gasteiger partial charge in [0, 0.05) is 31.1 Å². The van der Waals surface area contributed by atoms with Crippen LogP contribution < -0.4 is 0 Å². The van der Waals surface area contributed by atoms with Crippen molar-refractivity contribution < 1.29 is 4.74 Å². The van der Waals surface area contributed by atoms with Crippen LogP contribution in [0, 0.1) is 0 Å². The number of hydrogen-bond donors (Lipinski definition) is 0. The summed E-state index contributed by atoms with van der Waals surface area (Å²) in [4.78, 5) is 6.21. The summed E-state index contributed by atoms with van der Waals surface area (Å²) in [5.41, 5.74) is 1.43. The van der Waals surface area contributed by atoms with Gasteiger partial charge in [0.25, 0.3) is 0 Å². The van der Waals surface area contributed by atoms with Crippen LogP contribution in [0.1, 0.15) is 36.6 Å². The van der Waals surface area contributed by atoms with E-state index >= 15 is 0 Å². The minimum atomic E-state index is 0.449. The Morgan fingerprint density at radius 1 is 1.30 bits per heavy atom. The lowest BCUT2D eigenvalue weighted by atomic mass is 10.1. The quantitative estimate of drug-likeness (QED) is 0.768. The topological polar surface area (TPSA) is 15.7 Å². The first kappa shape index (κ1) is 16.0. The second kappa shape index (κ2) is 8.13. The lowest BCUT2D eigenvalue weighted by Crippen LogP contribution is -2.35. The summed E-state index contributed by atoms with van der Waals surface area (Å²) in [6.45, 7) is 7.48. The average molecular weight is 296 g/mol. The first-order valence-corrected chi connectivity index (χ1v) is 8.60. The molecule has 114 valence electrons. The van der Waals surface area contributed by atoms with Crippen molar-refractivity contribution in [2.75, 3.05) is 33.8 Å². The average Bonchev–Trinajstić information content (AvgIpc) is 2.85. The van der Waals surface area contributed by atoms with Crippen LogP contribution in [0.5, 0.6) is 0 Å². The van der Waals surface area contributed by atoms with Gasteiger partial charge in [-0.25, -0.2) is 0 Å². The fourth-order valence-corrected chi connectivity index (χ4v) is 3.64. The van der Waals surface area contributed by atoms with Gasteiger partial charge in [0.05, 0.1) is 6.10 Å². The Bertz CT molecular complexity index is 386. The molecule has 1 aromatic heterocycles. The Labute approximate surface area is 127 Å². The maximum absolute atomic E-state index is 5.86. The van der Waals surface area contributed by atoms with Crippen molar-refractivity contribution in [2.24, 2.45) is 0 Å². The summed E-state index contributed by atoms with van der Waals surface area (Å²) in [5.74, 6) is 0. The molecular weight excluding hydrogens is 268 g/mol. The van der Waals surface area contributed by atoms with E-state index in [-0.39, 0.29) is 0 Å². The van der Waals surface area contributed by atoms with Gasteiger partial charge >= 0.3 is 0 Å². The van der Waals surface area contributed by atoms with E-state index in [1.165, 1.54) is 29.7 Å². The lowest BCUT2D eigenvalue weighted by molar-refractivity contribution is -0.00608. The van der Waals surface area contributed by atoms with Gasteiger partial charge in [-0.1, -0.05) is 6.92 Å². The summed E-state index contributed by atoms with van der Waals surface area (Å²) in [5, 5.41) is 2.29. The van der Waals surface area contributed by atoms with E-state index in [0.717, 1.165) is 32.8 Å². The van der Waals surface area contributed by atoms with Gasteiger partial charge in [-0.15, -0.1) is 11.3 Å². The second-order valence-corrected chi connectivity index (χ2v) is 6.97. The monoisotopic (exact) mass is 296 g/mol. The maximum atomic E-state index is 5.86. The third-order valence-electron chi connectivity index (χ3n) is 3.77. The summed E-state index contributed by atoms with van der Waals surface area (Å²) in [6, 6.07) is 2.36. The van der Waals surface area contributed by atoms with Crippen LogP contribution in [0.15, 0.2) is 11.4 Å². The molecule has 1 saturated heterocycles. The van der Waals surface area contributed by atoms with Gasteiger partial charge in [-0.2, -0.15) is 0 Å². The van der Waals surface area contributed by atoms with Crippen molar-refractivity contribution >= 4 is 11.3 Å². The summed E-state index contributed by atoms with van der Waals surface area (Å²) < 4.78 is 5.86. The summed E-state index contributed by atoms with van der Waals surface area (Å²) in [6.07, 6.45) is 4.24. The highest BCUT2D eigenvalue weighted by molar-refractivity contribution is 7.10. The number of hydrogen-bond acceptors (Lipinski definition) is 4. The van der Waals surface area contributed by atoms with Crippen molar-refractivity contribution in [2.45, 2.75) is 45.4 Å². The molecular formula is C16H28N2OS. The first-order valence-electron chi connectivity index (χ1n) is 7.72. The van der Waals surface area contributed by atoms with Crippen LogP contribution >= 0.6 is 11.3 Å². The molecule has 2 rings (SSSR count). The molecule has 0 amide bonds. The molecule has 2 heterocycles. The highest BCUT2D eigenvalue weighted by Crippen LogP contribution is 2.19. The zero-order valence-corrected chi connectivity index (χ0v) is 13.9. The normalized spacial score (nSPS) is 19.9. The Morgan fingerprint density at radius 2 is 2.15 bits per heavy atom. The van der Waals surface area contributed by atoms with Crippen molar-refractivity contribution in [3.05, 3.63) is 21.9 Å². The molecule has 0 aliphatic carbocycles. The van der Waals surface area contributed by atoms with Crippen LogP contribution in [-0.4, -0.2) is 49.7 Å². The van der Waals surface area contributed by atoms with E-state index in [1.807, 2.05) is 11.3 Å². The number of thiophene rings is 1. The minimum absolute atomic E-state index is 0.449. The Kier molecular flexibility index (Phi) is 6.49. The van der Waals surface area contributed by atoms with Gasteiger partial charge in [0.2, 0.25) is 0 Å². The third-order valence-corrected chi connectivity index (χ3v) is 4.74. The van der Waals surface area contributed by atoms with E-state index in [1.54, 1.807) is 0 Å². The molecule has 4 heteroatoms. The van der Waals surface area contributed by atoms with Gasteiger partial charge in [0.15, 0.2) is 0 Å². The SMILES string of the molecule is CCN(Cc1cc(CN(C)C)cs1)C[C@@H]1CCCCO1. The van der Waals surface area contributed by atoms with Crippen LogP contribution in [0.4, 0.5) is 0 Å². The molecule has 0 spiro atoms. The van der Waals surface area contributed by atoms with Crippen LogP contribution in [0.25, 0.3) is 0 Å². The molecule has 0 bridgehead atoms. The molecule has 1 fully saturated rings. The Hall–Kier alpha value is -0.420. The van der Waals surface area contributed by atoms with E-state index < -0.39 is 0 Å². The molecule has 0 saturated carbocycles. The summed E-state index contributed by atoms with van der Waals surface area (Å²) in [7, 11) is 4.24. The molecule has 3 nitrogen and oxygen atoms in total. The molecule has 1 aliphatic heterocycles. The molecule has 1 aliphatic rings. The highest BCUT2D eigenvalue weighted by Gasteiger charge is 2.17. The molecule has 0 N–H and O–H groups in total. The van der Waals surface area contributed by atoms with Crippen molar-refractivity contribution in [3.63, 3.8) is 0 Å². The zero-order chi connectivity index (χ0) is 14.4. The number of nitrogens with zero attached hydrogens (tertiary/aromatic N) is 2. The Balaban J connectivity index is 1.83. The van der Waals surface area contributed by atoms with E-state index in [4.69, 9.17) is 4.74 Å². The number of ether oxygens (including phenoxy) is 1. The van der Waals surface area contributed by atoms with E-state index in [2.05, 4.69) is 42.3 Å². The smallest absolute Gasteiger partial charge is 0.0702 e. The van der Waals surface area contributed by atoms with Gasteiger partial charge < -0.3 is 9.64 Å². The zero-order valence-electron chi connectivity index (χ0n) is 13.1. The van der Waals surface area contributed by atoms with Crippen molar-refractivity contribution in [1.29, 1.82) is 0 Å². The van der Waals surface area contributed by atoms with E-state index in [0.29, 0.717) is 6.10 Å². The lowest BCUT2D eigenvalue weighted by Gasteiger charge is -2.28. The van der Waals surface area contributed by atoms with Crippen molar-refractivity contribution in [1.82, 2.24) is 9.80 Å². The number of rotatable bonds is 7. The second-order valence-electron chi connectivity index (χ2n) is 5.98. The maximum Gasteiger partial charge on any atom is 0.0702 e. The van der Waals surface area contributed by atoms with Crippen LogP contribution in [0.3, 0.4) is 0 Å². The molecule has 0 aromatic carbocycles. The van der Waals surface area contributed by atoms with Gasteiger partial charge in [-0.3, -0.25) is 4.90 Å². The molecule has 1 aromatic rings. The Morgan fingerprint density at radius 3 is 2.80 bits per heavy atom. The highest BCUT2D eigenvalue weighted by atomic mass is 32.1. The fraction of sp³-hybridized carbons (Fsp3) is 0.750. The van der Waals surface area contributed by atoms with Crippen LogP contribution in [-0.2, 0) is 17.8 Å². The molecule has 0 radical (unpaired) electrons. The van der Waals surface area contributed by atoms with Crippen molar-refractivity contribution in [3.8, 4) is 0 Å². The third kappa shape index (κ3) is 5.17. The fourth-order valence-electron chi connectivity index (χ4n) is 2.72. The standard InChI is InChI=1S/C16H28N2OS/c1-4-18(11-15-7-5-6-8-19-15)12-16-9-14(13-20-16)10-17(2)3/h9,13,15H,4-8,10-12H2,1-3H3/t15-/m0/s1. The largest absolute Gasteiger partial charge is 0.377 e. The predicted molar refractivity (Wildman–Crippen MR) is 86.3 cm³/mol. The minimum Gasteiger partial charge on any atom is -0.377 e. The summed E-state index contributed by atoms with van der Waals surface area (Å²) >= 11 is 1.89. The number of likely N-dealkylation sites (N-methyl/N-ethyl adjacent to an activating group) is 1. The van der Waals surface area contributed by atoms with Gasteiger partial charge in [-0.05, 0) is 56.9 Å². The molecule has 1 atom stereocenters. The van der Waals surface area contributed by atoms with E-state index in [9.17, 15) is 0 Å². The molecule has 20 heavy (non-hydrogen) atoms. The molecule has 0 unspecified atom stereocenters. The van der Waals surface area contributed by atoms with Crippen LogP contribution in [0.2, 0.25) is 0 Å².